The number of aliphatic carboxylic acids is 1. The standard InChI is InChI=1S/C26H31N3O9/c1-15(30)36-21-11-8-18(13-22(21)37-16(2)31)12-20(23(32)33)29-24(34)27-14-17-6-9-19(10-7-17)28-25(35)38-26(3,4)5/h6-11,13,20H,12,14H2,1-5H3,(H,28,35)(H,32,33)(H2,27,29,34). The lowest BCUT2D eigenvalue weighted by Crippen LogP contribution is -2.46. The van der Waals surface area contributed by atoms with Crippen molar-refractivity contribution < 1.29 is 43.3 Å². The molecule has 0 aromatic heterocycles. The number of carbonyl (C=O) groups is 5. The summed E-state index contributed by atoms with van der Waals surface area (Å²) < 4.78 is 15.2. The number of nitrogens with one attached hydrogen (secondary N) is 3. The highest BCUT2D eigenvalue weighted by atomic mass is 16.6. The molecule has 0 heterocycles. The number of hydrogen-bond donors (Lipinski definition) is 4. The second-order valence-corrected chi connectivity index (χ2v) is 9.21. The van der Waals surface area contributed by atoms with E-state index >= 15 is 0 Å². The second-order valence-electron chi connectivity index (χ2n) is 9.21. The second kappa shape index (κ2) is 13.1. The van der Waals surface area contributed by atoms with Crippen LogP contribution in [0.4, 0.5) is 15.3 Å². The summed E-state index contributed by atoms with van der Waals surface area (Å²) in [7, 11) is 0. The predicted molar refractivity (Wildman–Crippen MR) is 136 cm³/mol. The molecule has 1 unspecified atom stereocenters. The minimum absolute atomic E-state index is 0.00124. The maximum absolute atomic E-state index is 12.4. The molecule has 0 saturated heterocycles. The molecule has 12 heteroatoms. The van der Waals surface area contributed by atoms with Crippen LogP contribution in [0.5, 0.6) is 11.5 Å². The third kappa shape index (κ3) is 10.6. The molecular weight excluding hydrogens is 498 g/mol. The molecule has 12 nitrogen and oxygen atoms in total. The lowest BCUT2D eigenvalue weighted by Gasteiger charge is -2.19. The number of carboxylic acids is 1. The van der Waals surface area contributed by atoms with Gasteiger partial charge in [0, 0.05) is 32.5 Å². The Morgan fingerprint density at radius 1 is 0.868 bits per heavy atom. The van der Waals surface area contributed by atoms with Crippen molar-refractivity contribution in [3.8, 4) is 11.5 Å². The van der Waals surface area contributed by atoms with E-state index in [1.54, 1.807) is 45.0 Å². The Labute approximate surface area is 219 Å². The number of benzene rings is 2. The van der Waals surface area contributed by atoms with Crippen LogP contribution in [0, 0.1) is 0 Å². The fourth-order valence-corrected chi connectivity index (χ4v) is 3.11. The van der Waals surface area contributed by atoms with E-state index in [1.807, 2.05) is 0 Å². The van der Waals surface area contributed by atoms with E-state index in [2.05, 4.69) is 16.0 Å². The molecule has 0 fully saturated rings. The molecule has 0 spiro atoms. The minimum Gasteiger partial charge on any atom is -0.480 e. The molecule has 0 aliphatic carbocycles. The Bertz CT molecular complexity index is 1190. The third-order valence-electron chi connectivity index (χ3n) is 4.61. The Morgan fingerprint density at radius 3 is 2.00 bits per heavy atom. The summed E-state index contributed by atoms with van der Waals surface area (Å²) >= 11 is 0. The van der Waals surface area contributed by atoms with Gasteiger partial charge in [-0.15, -0.1) is 0 Å². The monoisotopic (exact) mass is 529 g/mol. The third-order valence-corrected chi connectivity index (χ3v) is 4.61. The van der Waals surface area contributed by atoms with E-state index in [4.69, 9.17) is 14.2 Å². The van der Waals surface area contributed by atoms with Crippen LogP contribution in [0.25, 0.3) is 0 Å². The molecule has 0 bridgehead atoms. The molecule has 2 aromatic rings. The SMILES string of the molecule is CC(=O)Oc1ccc(CC(NC(=O)NCc2ccc(NC(=O)OC(C)(C)C)cc2)C(=O)O)cc1OC(C)=O. The molecule has 0 saturated carbocycles. The number of carbonyl (C=O) groups excluding carboxylic acids is 4. The van der Waals surface area contributed by atoms with Gasteiger partial charge in [-0.25, -0.2) is 14.4 Å². The van der Waals surface area contributed by atoms with Crippen molar-refractivity contribution in [3.63, 3.8) is 0 Å². The molecule has 38 heavy (non-hydrogen) atoms. The summed E-state index contributed by atoms with van der Waals surface area (Å²) in [5.74, 6) is -2.61. The molecular formula is C26H31N3O9. The summed E-state index contributed by atoms with van der Waals surface area (Å²) in [5, 5.41) is 17.2. The van der Waals surface area contributed by atoms with Crippen molar-refractivity contribution in [2.24, 2.45) is 0 Å². The van der Waals surface area contributed by atoms with Gasteiger partial charge in [-0.05, 0) is 56.2 Å². The molecule has 204 valence electrons. The number of anilines is 1. The first-order chi connectivity index (χ1) is 17.7. The van der Waals surface area contributed by atoms with E-state index in [9.17, 15) is 29.1 Å². The molecule has 2 aromatic carbocycles. The van der Waals surface area contributed by atoms with Gasteiger partial charge in [-0.1, -0.05) is 18.2 Å². The normalized spacial score (nSPS) is 11.5. The van der Waals surface area contributed by atoms with Gasteiger partial charge in [0.15, 0.2) is 11.5 Å². The van der Waals surface area contributed by atoms with E-state index < -0.39 is 41.7 Å². The number of urea groups is 1. The van der Waals surface area contributed by atoms with Crippen LogP contribution in [0.3, 0.4) is 0 Å². The van der Waals surface area contributed by atoms with Crippen LogP contribution in [0.2, 0.25) is 0 Å². The highest BCUT2D eigenvalue weighted by molar-refractivity contribution is 5.85. The largest absolute Gasteiger partial charge is 0.480 e. The van der Waals surface area contributed by atoms with Gasteiger partial charge in [-0.3, -0.25) is 14.9 Å². The first-order valence-corrected chi connectivity index (χ1v) is 11.6. The summed E-state index contributed by atoms with van der Waals surface area (Å²) in [6.07, 6.45) is -0.731. The average molecular weight is 530 g/mol. The Kier molecular flexibility index (Phi) is 10.2. The van der Waals surface area contributed by atoms with E-state index in [1.165, 1.54) is 32.0 Å². The van der Waals surface area contributed by atoms with Gasteiger partial charge in [-0.2, -0.15) is 0 Å². The highest BCUT2D eigenvalue weighted by Gasteiger charge is 2.22. The van der Waals surface area contributed by atoms with Gasteiger partial charge < -0.3 is 30.0 Å². The summed E-state index contributed by atoms with van der Waals surface area (Å²) in [4.78, 5) is 58.7. The summed E-state index contributed by atoms with van der Waals surface area (Å²) in [6.45, 7) is 7.71. The first-order valence-electron chi connectivity index (χ1n) is 11.6. The lowest BCUT2D eigenvalue weighted by molar-refractivity contribution is -0.139. The highest BCUT2D eigenvalue weighted by Crippen LogP contribution is 2.29. The zero-order chi connectivity index (χ0) is 28.5. The molecule has 1 atom stereocenters. The van der Waals surface area contributed by atoms with Crippen molar-refractivity contribution in [3.05, 3.63) is 53.6 Å². The number of carboxylic acid groups (broad SMARTS) is 1. The lowest BCUT2D eigenvalue weighted by atomic mass is 10.1. The van der Waals surface area contributed by atoms with E-state index in [-0.39, 0.29) is 24.5 Å². The number of amides is 3. The Morgan fingerprint density at radius 2 is 1.45 bits per heavy atom. The quantitative estimate of drug-likeness (QED) is 0.281. The van der Waals surface area contributed by atoms with Gasteiger partial charge in [0.05, 0.1) is 0 Å². The van der Waals surface area contributed by atoms with E-state index in [0.717, 1.165) is 0 Å². The molecule has 4 N–H and O–H groups in total. The fourth-order valence-electron chi connectivity index (χ4n) is 3.11. The summed E-state index contributed by atoms with van der Waals surface area (Å²) in [5.41, 5.74) is 0.991. The van der Waals surface area contributed by atoms with Gasteiger partial charge >= 0.3 is 30.0 Å². The van der Waals surface area contributed by atoms with Crippen LogP contribution in [-0.4, -0.2) is 46.8 Å². The Hall–Kier alpha value is -4.61. The van der Waals surface area contributed by atoms with Gasteiger partial charge in [0.2, 0.25) is 0 Å². The van der Waals surface area contributed by atoms with Crippen molar-refractivity contribution >= 4 is 35.7 Å². The van der Waals surface area contributed by atoms with Crippen LogP contribution >= 0.6 is 0 Å². The number of rotatable bonds is 9. The van der Waals surface area contributed by atoms with Gasteiger partial charge in [0.1, 0.15) is 11.6 Å². The van der Waals surface area contributed by atoms with Crippen molar-refractivity contribution in [1.29, 1.82) is 0 Å². The molecule has 0 radical (unpaired) electrons. The molecule has 0 aliphatic heterocycles. The van der Waals surface area contributed by atoms with Crippen LogP contribution in [-0.2, 0) is 32.1 Å². The van der Waals surface area contributed by atoms with Crippen LogP contribution in [0.1, 0.15) is 45.7 Å². The minimum atomic E-state index is -1.31. The van der Waals surface area contributed by atoms with Crippen LogP contribution < -0.4 is 25.4 Å². The predicted octanol–water partition coefficient (Wildman–Crippen LogP) is 3.38. The van der Waals surface area contributed by atoms with Gasteiger partial charge in [0.25, 0.3) is 0 Å². The number of esters is 2. The first kappa shape index (κ1) is 29.6. The topological polar surface area (TPSA) is 169 Å². The zero-order valence-corrected chi connectivity index (χ0v) is 21.7. The van der Waals surface area contributed by atoms with Crippen LogP contribution in [0.15, 0.2) is 42.5 Å². The maximum Gasteiger partial charge on any atom is 0.412 e. The fraction of sp³-hybridized carbons (Fsp3) is 0.346. The number of hydrogen-bond acceptors (Lipinski definition) is 8. The van der Waals surface area contributed by atoms with E-state index in [0.29, 0.717) is 16.8 Å². The number of ether oxygens (including phenoxy) is 3. The van der Waals surface area contributed by atoms with Crippen molar-refractivity contribution in [2.45, 2.75) is 59.2 Å². The van der Waals surface area contributed by atoms with Crippen molar-refractivity contribution in [2.75, 3.05) is 5.32 Å². The van der Waals surface area contributed by atoms with Crippen molar-refractivity contribution in [1.82, 2.24) is 10.6 Å². The molecule has 2 rings (SSSR count). The molecule has 3 amide bonds. The smallest absolute Gasteiger partial charge is 0.412 e. The molecule has 0 aliphatic rings. The summed E-state index contributed by atoms with van der Waals surface area (Å²) in [6, 6.07) is 8.85. The Balaban J connectivity index is 1.97. The maximum atomic E-state index is 12.4. The zero-order valence-electron chi connectivity index (χ0n) is 21.7. The average Bonchev–Trinajstić information content (AvgIpc) is 2.78.